The Bertz CT molecular complexity index is 1050. The highest BCUT2D eigenvalue weighted by molar-refractivity contribution is 6.04. The van der Waals surface area contributed by atoms with Crippen molar-refractivity contribution in [3.63, 3.8) is 0 Å². The van der Waals surface area contributed by atoms with E-state index in [-0.39, 0.29) is 17.2 Å². The minimum Gasteiger partial charge on any atom is -0.328 e. The molecule has 2 aromatic heterocycles. The Kier molecular flexibility index (Phi) is 4.66. The molecular weight excluding hydrogens is 366 g/mol. The van der Waals surface area contributed by atoms with E-state index in [2.05, 4.69) is 41.3 Å². The number of nitrogens with one attached hydrogen (secondary N) is 2. The van der Waals surface area contributed by atoms with E-state index in [0.29, 0.717) is 30.0 Å². The van der Waals surface area contributed by atoms with E-state index < -0.39 is 0 Å². The Labute approximate surface area is 169 Å². The molecule has 0 fully saturated rings. The maximum atomic E-state index is 12.7. The molecule has 1 aliphatic rings. The molecule has 29 heavy (non-hydrogen) atoms. The highest BCUT2D eigenvalue weighted by Crippen LogP contribution is 2.29. The molecule has 0 radical (unpaired) electrons. The van der Waals surface area contributed by atoms with Gasteiger partial charge in [0.15, 0.2) is 5.82 Å². The minimum absolute atomic E-state index is 0.0306. The first kappa shape index (κ1) is 18.9. The maximum Gasteiger partial charge on any atom is 0.256 e. The number of nitrogens with zero attached hydrogens (tertiary/aromatic N) is 3. The molecule has 0 atom stereocenters. The second-order valence-electron chi connectivity index (χ2n) is 8.21. The van der Waals surface area contributed by atoms with E-state index in [1.54, 1.807) is 29.4 Å². The van der Waals surface area contributed by atoms with Crippen LogP contribution in [-0.4, -0.2) is 31.9 Å². The van der Waals surface area contributed by atoms with Crippen molar-refractivity contribution in [3.05, 3.63) is 76.7 Å². The highest BCUT2D eigenvalue weighted by Gasteiger charge is 2.29. The maximum absolute atomic E-state index is 12.7. The van der Waals surface area contributed by atoms with Gasteiger partial charge in [0, 0.05) is 29.1 Å². The SMILES string of the molecule is CC(C)(C)c1ccc(C(=O)Nc2n[nH]c3c2CN(C(=O)c2ccncc2)C3)cc1. The third-order valence-corrected chi connectivity index (χ3v) is 5.11. The summed E-state index contributed by atoms with van der Waals surface area (Å²) in [6, 6.07) is 11.0. The van der Waals surface area contributed by atoms with E-state index in [1.807, 2.05) is 24.3 Å². The summed E-state index contributed by atoms with van der Waals surface area (Å²) >= 11 is 0. The molecule has 2 amide bonds. The van der Waals surface area contributed by atoms with Crippen molar-refractivity contribution in [2.75, 3.05) is 5.32 Å². The average molecular weight is 389 g/mol. The van der Waals surface area contributed by atoms with Crippen molar-refractivity contribution < 1.29 is 9.59 Å². The van der Waals surface area contributed by atoms with Gasteiger partial charge in [-0.1, -0.05) is 32.9 Å². The molecular formula is C22H23N5O2. The number of amides is 2. The summed E-state index contributed by atoms with van der Waals surface area (Å²) in [6.07, 6.45) is 3.20. The molecule has 7 nitrogen and oxygen atoms in total. The molecule has 1 aromatic carbocycles. The van der Waals surface area contributed by atoms with Gasteiger partial charge in [-0.25, -0.2) is 0 Å². The summed E-state index contributed by atoms with van der Waals surface area (Å²) < 4.78 is 0. The van der Waals surface area contributed by atoms with Crippen LogP contribution in [-0.2, 0) is 18.5 Å². The van der Waals surface area contributed by atoms with Crippen molar-refractivity contribution in [2.45, 2.75) is 39.3 Å². The smallest absolute Gasteiger partial charge is 0.256 e. The molecule has 3 heterocycles. The Balaban J connectivity index is 1.47. The number of H-pyrrole nitrogens is 1. The van der Waals surface area contributed by atoms with Crippen LogP contribution in [0.15, 0.2) is 48.8 Å². The molecule has 0 bridgehead atoms. The van der Waals surface area contributed by atoms with Gasteiger partial charge in [0.05, 0.1) is 18.8 Å². The van der Waals surface area contributed by atoms with Gasteiger partial charge in [-0.15, -0.1) is 0 Å². The summed E-state index contributed by atoms with van der Waals surface area (Å²) in [5.74, 6) is 0.167. The Morgan fingerprint density at radius 1 is 1.00 bits per heavy atom. The predicted octanol–water partition coefficient (Wildman–Crippen LogP) is 3.51. The molecule has 148 valence electrons. The van der Waals surface area contributed by atoms with Gasteiger partial charge in [-0.05, 0) is 35.2 Å². The molecule has 3 aromatic rings. The number of rotatable bonds is 3. The van der Waals surface area contributed by atoms with Gasteiger partial charge in [-0.2, -0.15) is 5.10 Å². The molecule has 0 spiro atoms. The summed E-state index contributed by atoms with van der Waals surface area (Å²) in [5, 5.41) is 10.0. The third-order valence-electron chi connectivity index (χ3n) is 5.11. The standard InChI is InChI=1S/C22H23N5O2/c1-22(2,3)16-6-4-14(5-7-16)20(28)24-19-17-12-27(13-18(17)25-26-19)21(29)15-8-10-23-11-9-15/h4-11H,12-13H2,1-3H3,(H2,24,25,26,28). The number of aromatic nitrogens is 3. The van der Waals surface area contributed by atoms with E-state index >= 15 is 0 Å². The number of carbonyl (C=O) groups is 2. The number of hydrogen-bond acceptors (Lipinski definition) is 4. The van der Waals surface area contributed by atoms with Gasteiger partial charge in [0.2, 0.25) is 0 Å². The number of anilines is 1. The number of aromatic amines is 1. The Morgan fingerprint density at radius 3 is 2.34 bits per heavy atom. The molecule has 0 aliphatic carbocycles. The molecule has 0 saturated heterocycles. The summed E-state index contributed by atoms with van der Waals surface area (Å²) in [6.45, 7) is 7.22. The second kappa shape index (κ2) is 7.16. The molecule has 0 unspecified atom stereocenters. The van der Waals surface area contributed by atoms with Crippen LogP contribution in [0.2, 0.25) is 0 Å². The zero-order valence-corrected chi connectivity index (χ0v) is 16.7. The number of fused-ring (bicyclic) bond motifs is 1. The largest absolute Gasteiger partial charge is 0.328 e. The van der Waals surface area contributed by atoms with Crippen LogP contribution in [0.1, 0.15) is 58.3 Å². The van der Waals surface area contributed by atoms with Gasteiger partial charge in [0.1, 0.15) is 0 Å². The third kappa shape index (κ3) is 3.76. The fraction of sp³-hybridized carbons (Fsp3) is 0.273. The van der Waals surface area contributed by atoms with Crippen molar-refractivity contribution in [1.82, 2.24) is 20.1 Å². The van der Waals surface area contributed by atoms with Gasteiger partial charge in [-0.3, -0.25) is 19.7 Å². The van der Waals surface area contributed by atoms with Gasteiger partial charge >= 0.3 is 0 Å². The van der Waals surface area contributed by atoms with E-state index in [9.17, 15) is 9.59 Å². The van der Waals surface area contributed by atoms with Crippen LogP contribution in [0, 0.1) is 0 Å². The molecule has 2 N–H and O–H groups in total. The first-order chi connectivity index (χ1) is 13.8. The summed E-state index contributed by atoms with van der Waals surface area (Å²) in [4.78, 5) is 31.0. The van der Waals surface area contributed by atoms with E-state index in [1.165, 1.54) is 5.56 Å². The first-order valence-corrected chi connectivity index (χ1v) is 9.50. The van der Waals surface area contributed by atoms with E-state index in [4.69, 9.17) is 0 Å². The molecule has 1 aliphatic heterocycles. The zero-order valence-electron chi connectivity index (χ0n) is 16.7. The average Bonchev–Trinajstić information content (AvgIpc) is 3.29. The first-order valence-electron chi connectivity index (χ1n) is 9.50. The molecule has 7 heteroatoms. The number of carbonyl (C=O) groups excluding carboxylic acids is 2. The highest BCUT2D eigenvalue weighted by atomic mass is 16.2. The minimum atomic E-state index is -0.223. The lowest BCUT2D eigenvalue weighted by Gasteiger charge is -2.19. The number of hydrogen-bond donors (Lipinski definition) is 2. The van der Waals surface area contributed by atoms with Crippen molar-refractivity contribution in [1.29, 1.82) is 0 Å². The van der Waals surface area contributed by atoms with Crippen LogP contribution >= 0.6 is 0 Å². The topological polar surface area (TPSA) is 91.0 Å². The molecule has 4 rings (SSSR count). The predicted molar refractivity (Wildman–Crippen MR) is 109 cm³/mol. The van der Waals surface area contributed by atoms with Crippen LogP contribution in [0.4, 0.5) is 5.82 Å². The Morgan fingerprint density at radius 2 is 1.69 bits per heavy atom. The van der Waals surface area contributed by atoms with Crippen molar-refractivity contribution in [2.24, 2.45) is 0 Å². The fourth-order valence-corrected chi connectivity index (χ4v) is 3.37. The van der Waals surface area contributed by atoms with E-state index in [0.717, 1.165) is 11.3 Å². The van der Waals surface area contributed by atoms with Crippen LogP contribution in [0.3, 0.4) is 0 Å². The van der Waals surface area contributed by atoms with Gasteiger partial charge in [0.25, 0.3) is 11.8 Å². The summed E-state index contributed by atoms with van der Waals surface area (Å²) in [7, 11) is 0. The Hall–Kier alpha value is -3.48. The quantitative estimate of drug-likeness (QED) is 0.717. The van der Waals surface area contributed by atoms with Crippen molar-refractivity contribution >= 4 is 17.6 Å². The second-order valence-corrected chi connectivity index (χ2v) is 8.21. The van der Waals surface area contributed by atoms with Crippen molar-refractivity contribution in [3.8, 4) is 0 Å². The number of benzene rings is 1. The lowest BCUT2D eigenvalue weighted by atomic mass is 9.87. The normalized spacial score (nSPS) is 13.3. The zero-order chi connectivity index (χ0) is 20.6. The van der Waals surface area contributed by atoms with Gasteiger partial charge < -0.3 is 10.2 Å². The fourth-order valence-electron chi connectivity index (χ4n) is 3.37. The monoisotopic (exact) mass is 389 g/mol. The number of pyridine rings is 1. The lowest BCUT2D eigenvalue weighted by molar-refractivity contribution is 0.0749. The lowest BCUT2D eigenvalue weighted by Crippen LogP contribution is -2.26. The van der Waals surface area contributed by atoms with Crippen LogP contribution in [0.5, 0.6) is 0 Å². The molecule has 0 saturated carbocycles. The van der Waals surface area contributed by atoms with Crippen LogP contribution < -0.4 is 5.32 Å². The summed E-state index contributed by atoms with van der Waals surface area (Å²) in [5.41, 5.74) is 4.03. The van der Waals surface area contributed by atoms with Crippen LogP contribution in [0.25, 0.3) is 0 Å².